The number of carbonyl (C=O) groups is 2. The van der Waals surface area contributed by atoms with Gasteiger partial charge in [-0.2, -0.15) is 0 Å². The van der Waals surface area contributed by atoms with Crippen molar-refractivity contribution in [3.8, 4) is 5.75 Å². The Labute approximate surface area is 150 Å². The summed E-state index contributed by atoms with van der Waals surface area (Å²) in [7, 11) is 0. The van der Waals surface area contributed by atoms with Gasteiger partial charge in [-0.1, -0.05) is 32.9 Å². The van der Waals surface area contributed by atoms with Gasteiger partial charge >= 0.3 is 12.1 Å². The molecule has 0 radical (unpaired) electrons. The molecule has 140 valence electrons. The minimum atomic E-state index is -0.968. The van der Waals surface area contributed by atoms with Crippen LogP contribution < -0.4 is 4.74 Å². The molecule has 0 fully saturated rings. The van der Waals surface area contributed by atoms with Crippen LogP contribution in [0.3, 0.4) is 0 Å². The fraction of sp³-hybridized carbons (Fsp3) is 0.600. The highest BCUT2D eigenvalue weighted by Gasteiger charge is 2.36. The molecule has 0 aliphatic carbocycles. The Morgan fingerprint density at radius 2 is 1.52 bits per heavy atom. The topological polar surface area (TPSA) is 61.8 Å². The molecule has 1 aromatic rings. The average molecular weight is 350 g/mol. The molecule has 0 aliphatic heterocycles. The number of carbonyl (C=O) groups excluding carboxylic acids is 2. The Bertz CT molecular complexity index is 638. The Morgan fingerprint density at radius 3 is 2.00 bits per heavy atom. The summed E-state index contributed by atoms with van der Waals surface area (Å²) in [6.45, 7) is 15.6. The molecule has 25 heavy (non-hydrogen) atoms. The van der Waals surface area contributed by atoms with Gasteiger partial charge in [-0.3, -0.25) is 4.79 Å². The highest BCUT2D eigenvalue weighted by atomic mass is 16.7. The first kappa shape index (κ1) is 21.0. The van der Waals surface area contributed by atoms with Gasteiger partial charge in [-0.25, -0.2) is 4.79 Å². The van der Waals surface area contributed by atoms with Gasteiger partial charge in [-0.05, 0) is 51.2 Å². The molecule has 1 rings (SSSR count). The maximum Gasteiger partial charge on any atom is 0.513 e. The first-order valence-corrected chi connectivity index (χ1v) is 8.62. The number of benzene rings is 1. The van der Waals surface area contributed by atoms with E-state index in [1.165, 1.54) is 0 Å². The van der Waals surface area contributed by atoms with Crippen LogP contribution in [0.2, 0.25) is 0 Å². The summed E-state index contributed by atoms with van der Waals surface area (Å²) < 4.78 is 15.5. The van der Waals surface area contributed by atoms with Gasteiger partial charge in [0.05, 0.1) is 18.6 Å². The Hall–Kier alpha value is -2.04. The number of esters is 1. The van der Waals surface area contributed by atoms with Gasteiger partial charge in [0, 0.05) is 5.56 Å². The molecule has 5 nitrogen and oxygen atoms in total. The quantitative estimate of drug-likeness (QED) is 0.570. The molecule has 0 spiro atoms. The molecule has 0 unspecified atom stereocenters. The molecule has 0 heterocycles. The second-order valence-electron chi connectivity index (χ2n) is 7.55. The number of rotatable bonds is 5. The molecule has 0 saturated heterocycles. The van der Waals surface area contributed by atoms with Crippen molar-refractivity contribution in [3.63, 3.8) is 0 Å². The highest BCUT2D eigenvalue weighted by Crippen LogP contribution is 2.39. The third kappa shape index (κ3) is 4.97. The lowest BCUT2D eigenvalue weighted by Gasteiger charge is -2.29. The van der Waals surface area contributed by atoms with Gasteiger partial charge in [0.15, 0.2) is 0 Å². The second kappa shape index (κ2) is 7.89. The summed E-state index contributed by atoms with van der Waals surface area (Å²) in [6.07, 6.45) is -0.782. The summed E-state index contributed by atoms with van der Waals surface area (Å²) >= 11 is 0. The standard InChI is InChI=1S/C20H30O5/c1-9-23-17(21)20(7,8)15-12-14(19(4,5)6)11-13(3)16(15)25-18(22)24-10-2/h11-12H,9-10H2,1-8H3. The van der Waals surface area contributed by atoms with Crippen molar-refractivity contribution < 1.29 is 23.8 Å². The van der Waals surface area contributed by atoms with Crippen molar-refractivity contribution >= 4 is 12.1 Å². The molecule has 0 atom stereocenters. The summed E-state index contributed by atoms with van der Waals surface area (Å²) in [4.78, 5) is 24.4. The van der Waals surface area contributed by atoms with E-state index in [0.717, 1.165) is 11.1 Å². The van der Waals surface area contributed by atoms with Gasteiger partial charge in [0.1, 0.15) is 5.75 Å². The zero-order valence-corrected chi connectivity index (χ0v) is 16.6. The van der Waals surface area contributed by atoms with Crippen LogP contribution >= 0.6 is 0 Å². The summed E-state index contributed by atoms with van der Waals surface area (Å²) in [5.74, 6) is -0.0151. The molecule has 0 saturated carbocycles. The summed E-state index contributed by atoms with van der Waals surface area (Å²) in [5, 5.41) is 0. The first-order valence-electron chi connectivity index (χ1n) is 8.62. The van der Waals surface area contributed by atoms with Gasteiger partial charge in [0.25, 0.3) is 0 Å². The van der Waals surface area contributed by atoms with Crippen LogP contribution in [0.1, 0.15) is 65.2 Å². The number of aryl methyl sites for hydroxylation is 1. The minimum absolute atomic E-state index is 0.118. The Morgan fingerprint density at radius 1 is 0.960 bits per heavy atom. The minimum Gasteiger partial charge on any atom is -0.465 e. The monoisotopic (exact) mass is 350 g/mol. The van der Waals surface area contributed by atoms with Gasteiger partial charge < -0.3 is 14.2 Å². The molecule has 1 aromatic carbocycles. The molecule has 0 bridgehead atoms. The number of ether oxygens (including phenoxy) is 3. The van der Waals surface area contributed by atoms with Crippen molar-refractivity contribution in [1.29, 1.82) is 0 Å². The predicted octanol–water partition coefficient (Wildman–Crippen LogP) is 4.67. The van der Waals surface area contributed by atoms with Crippen LogP contribution in [0.25, 0.3) is 0 Å². The highest BCUT2D eigenvalue weighted by molar-refractivity contribution is 5.84. The predicted molar refractivity (Wildman–Crippen MR) is 97.2 cm³/mol. The maximum absolute atomic E-state index is 12.5. The van der Waals surface area contributed by atoms with Crippen LogP contribution in [-0.2, 0) is 25.1 Å². The Balaban J connectivity index is 3.55. The van der Waals surface area contributed by atoms with Gasteiger partial charge in [-0.15, -0.1) is 0 Å². The van der Waals surface area contributed by atoms with Crippen molar-refractivity contribution in [1.82, 2.24) is 0 Å². The van der Waals surface area contributed by atoms with Crippen LogP contribution in [0.15, 0.2) is 12.1 Å². The fourth-order valence-electron chi connectivity index (χ4n) is 2.46. The third-order valence-electron chi connectivity index (χ3n) is 4.05. The van der Waals surface area contributed by atoms with Crippen molar-refractivity contribution in [2.75, 3.05) is 13.2 Å². The normalized spacial score (nSPS) is 11.8. The van der Waals surface area contributed by atoms with Gasteiger partial charge in [0.2, 0.25) is 0 Å². The van der Waals surface area contributed by atoms with E-state index in [-0.39, 0.29) is 24.6 Å². The van der Waals surface area contributed by atoms with E-state index < -0.39 is 11.6 Å². The zero-order chi connectivity index (χ0) is 19.4. The Kier molecular flexibility index (Phi) is 6.63. The SMILES string of the molecule is CCOC(=O)Oc1c(C)cc(C(C)(C)C)cc1C(C)(C)C(=O)OCC. The lowest BCUT2D eigenvalue weighted by molar-refractivity contribution is -0.148. The van der Waals surface area contributed by atoms with Crippen molar-refractivity contribution in [3.05, 3.63) is 28.8 Å². The van der Waals surface area contributed by atoms with Crippen molar-refractivity contribution in [2.24, 2.45) is 0 Å². The largest absolute Gasteiger partial charge is 0.513 e. The van der Waals surface area contributed by atoms with E-state index in [0.29, 0.717) is 11.3 Å². The lowest BCUT2D eigenvalue weighted by atomic mass is 9.78. The van der Waals surface area contributed by atoms with E-state index >= 15 is 0 Å². The van der Waals surface area contributed by atoms with E-state index in [1.54, 1.807) is 27.7 Å². The van der Waals surface area contributed by atoms with Crippen LogP contribution in [0, 0.1) is 6.92 Å². The second-order valence-corrected chi connectivity index (χ2v) is 7.55. The summed E-state index contributed by atoms with van der Waals surface area (Å²) in [5.41, 5.74) is 1.35. The van der Waals surface area contributed by atoms with Crippen LogP contribution in [0.5, 0.6) is 5.75 Å². The molecular formula is C20H30O5. The lowest BCUT2D eigenvalue weighted by Crippen LogP contribution is -2.33. The van der Waals surface area contributed by atoms with E-state index in [9.17, 15) is 9.59 Å². The molecular weight excluding hydrogens is 320 g/mol. The third-order valence-corrected chi connectivity index (χ3v) is 4.05. The molecule has 0 amide bonds. The zero-order valence-electron chi connectivity index (χ0n) is 16.6. The smallest absolute Gasteiger partial charge is 0.465 e. The number of hydrogen-bond donors (Lipinski definition) is 0. The molecule has 0 N–H and O–H groups in total. The van der Waals surface area contributed by atoms with E-state index in [1.807, 2.05) is 19.1 Å². The van der Waals surface area contributed by atoms with Crippen LogP contribution in [0.4, 0.5) is 4.79 Å². The fourth-order valence-corrected chi connectivity index (χ4v) is 2.46. The first-order chi connectivity index (χ1) is 11.4. The number of hydrogen-bond acceptors (Lipinski definition) is 5. The summed E-state index contributed by atoms with van der Waals surface area (Å²) in [6, 6.07) is 3.89. The van der Waals surface area contributed by atoms with E-state index in [4.69, 9.17) is 14.2 Å². The maximum atomic E-state index is 12.5. The van der Waals surface area contributed by atoms with Crippen LogP contribution in [-0.4, -0.2) is 25.3 Å². The molecule has 0 aliphatic rings. The average Bonchev–Trinajstić information content (AvgIpc) is 2.48. The van der Waals surface area contributed by atoms with Crippen molar-refractivity contribution in [2.45, 2.75) is 66.2 Å². The molecule has 0 aromatic heterocycles. The van der Waals surface area contributed by atoms with E-state index in [2.05, 4.69) is 20.8 Å². The molecule has 5 heteroatoms.